The Morgan fingerprint density at radius 1 is 0.868 bits per heavy atom. The first-order valence-electron chi connectivity index (χ1n) is 13.2. The lowest BCUT2D eigenvalue weighted by Gasteiger charge is -2.29. The van der Waals surface area contributed by atoms with Gasteiger partial charge in [-0.3, -0.25) is 19.2 Å². The molecule has 0 aromatic heterocycles. The number of aliphatic carboxylic acids is 1. The molecular formula is C29H45NO8. The van der Waals surface area contributed by atoms with Crippen LogP contribution in [-0.4, -0.2) is 40.6 Å². The van der Waals surface area contributed by atoms with Crippen molar-refractivity contribution in [1.82, 2.24) is 0 Å². The van der Waals surface area contributed by atoms with Gasteiger partial charge in [0.15, 0.2) is 11.5 Å². The van der Waals surface area contributed by atoms with Gasteiger partial charge in [0.2, 0.25) is 0 Å². The number of benzene rings is 1. The van der Waals surface area contributed by atoms with Gasteiger partial charge in [-0.15, -0.1) is 0 Å². The van der Waals surface area contributed by atoms with Crippen molar-refractivity contribution in [3.8, 4) is 11.5 Å². The summed E-state index contributed by atoms with van der Waals surface area (Å²) in [4.78, 5) is 49.2. The van der Waals surface area contributed by atoms with Crippen molar-refractivity contribution < 1.29 is 38.5 Å². The van der Waals surface area contributed by atoms with Gasteiger partial charge in [0, 0.05) is 25.7 Å². The highest BCUT2D eigenvalue weighted by atomic mass is 16.6. The fourth-order valence-electron chi connectivity index (χ4n) is 3.50. The molecule has 1 aromatic carbocycles. The zero-order valence-electron chi connectivity index (χ0n) is 24.1. The largest absolute Gasteiger partial charge is 0.480 e. The molecular weight excluding hydrogens is 490 g/mol. The summed E-state index contributed by atoms with van der Waals surface area (Å²) in [5, 5.41) is 9.93. The Morgan fingerprint density at radius 3 is 1.82 bits per heavy atom. The SMILES string of the molecule is CC(C)CCC(=O)Oc1ccc(CC(N)(C[C@H](C)OC(=O)C(C)(C)C)C(=O)O)cc1OC(=O)CCC(C)C. The van der Waals surface area contributed by atoms with Crippen molar-refractivity contribution in [2.75, 3.05) is 0 Å². The molecule has 9 nitrogen and oxygen atoms in total. The Bertz CT molecular complexity index is 979. The second-order valence-corrected chi connectivity index (χ2v) is 11.9. The van der Waals surface area contributed by atoms with Crippen LogP contribution in [0.25, 0.3) is 0 Å². The first kappa shape index (κ1) is 33.1. The highest BCUT2D eigenvalue weighted by molar-refractivity contribution is 5.80. The van der Waals surface area contributed by atoms with Crippen LogP contribution in [0.15, 0.2) is 18.2 Å². The minimum absolute atomic E-state index is 0.0223. The average Bonchev–Trinajstić information content (AvgIpc) is 2.77. The Labute approximate surface area is 226 Å². The molecule has 1 aromatic rings. The smallest absolute Gasteiger partial charge is 0.324 e. The Hall–Kier alpha value is -2.94. The maximum Gasteiger partial charge on any atom is 0.324 e. The van der Waals surface area contributed by atoms with Gasteiger partial charge < -0.3 is 25.1 Å². The molecule has 214 valence electrons. The van der Waals surface area contributed by atoms with Crippen LogP contribution in [-0.2, 0) is 30.3 Å². The summed E-state index contributed by atoms with van der Waals surface area (Å²) in [6, 6.07) is 4.51. The van der Waals surface area contributed by atoms with Crippen LogP contribution >= 0.6 is 0 Å². The van der Waals surface area contributed by atoms with E-state index in [2.05, 4.69) is 0 Å². The summed E-state index contributed by atoms with van der Waals surface area (Å²) < 4.78 is 16.4. The van der Waals surface area contributed by atoms with Gasteiger partial charge in [0.25, 0.3) is 0 Å². The molecule has 0 fully saturated rings. The van der Waals surface area contributed by atoms with Gasteiger partial charge in [-0.25, -0.2) is 0 Å². The van der Waals surface area contributed by atoms with E-state index < -0.39 is 40.9 Å². The maximum atomic E-state index is 12.5. The highest BCUT2D eigenvalue weighted by Crippen LogP contribution is 2.32. The van der Waals surface area contributed by atoms with Crippen LogP contribution in [0.3, 0.4) is 0 Å². The zero-order valence-corrected chi connectivity index (χ0v) is 24.1. The highest BCUT2D eigenvalue weighted by Gasteiger charge is 2.38. The number of ether oxygens (including phenoxy) is 3. The number of hydrogen-bond donors (Lipinski definition) is 2. The van der Waals surface area contributed by atoms with E-state index in [0.29, 0.717) is 30.2 Å². The minimum atomic E-state index is -1.77. The summed E-state index contributed by atoms with van der Waals surface area (Å²) in [6.45, 7) is 14.7. The number of carbonyl (C=O) groups excluding carboxylic acids is 3. The standard InChI is InChI=1S/C29H45NO8/c1-18(2)9-13-24(31)37-22-12-11-21(15-23(22)38-25(32)14-10-19(3)4)17-29(30,26(33)34)16-20(5)36-27(35)28(6,7)8/h11-12,15,18-20H,9-10,13-14,16-17,30H2,1-8H3,(H,33,34)/t20-,29?/m0/s1. The van der Waals surface area contributed by atoms with Crippen LogP contribution in [0.1, 0.15) is 93.1 Å². The zero-order chi connectivity index (χ0) is 29.3. The molecule has 0 spiro atoms. The molecule has 1 unspecified atom stereocenters. The maximum absolute atomic E-state index is 12.5. The molecule has 0 aliphatic rings. The summed E-state index contributed by atoms with van der Waals surface area (Å²) in [5.41, 5.74) is 4.23. The molecule has 2 atom stereocenters. The average molecular weight is 536 g/mol. The van der Waals surface area contributed by atoms with E-state index in [0.717, 1.165) is 0 Å². The monoisotopic (exact) mass is 535 g/mol. The van der Waals surface area contributed by atoms with Gasteiger partial charge in [-0.05, 0) is 70.1 Å². The second kappa shape index (κ2) is 14.3. The molecule has 0 bridgehead atoms. The van der Waals surface area contributed by atoms with E-state index in [4.69, 9.17) is 19.9 Å². The van der Waals surface area contributed by atoms with Crippen LogP contribution in [0.4, 0.5) is 0 Å². The van der Waals surface area contributed by atoms with Gasteiger partial charge in [-0.2, -0.15) is 0 Å². The molecule has 0 aliphatic heterocycles. The molecule has 0 amide bonds. The summed E-state index contributed by atoms with van der Waals surface area (Å²) >= 11 is 0. The number of nitrogens with two attached hydrogens (primary N) is 1. The van der Waals surface area contributed by atoms with E-state index in [9.17, 15) is 24.3 Å². The fourth-order valence-corrected chi connectivity index (χ4v) is 3.50. The third-order valence-electron chi connectivity index (χ3n) is 5.83. The Morgan fingerprint density at radius 2 is 1.37 bits per heavy atom. The molecule has 0 heterocycles. The quantitative estimate of drug-likeness (QED) is 0.247. The van der Waals surface area contributed by atoms with E-state index in [1.54, 1.807) is 33.8 Å². The van der Waals surface area contributed by atoms with Crippen LogP contribution in [0.2, 0.25) is 0 Å². The van der Waals surface area contributed by atoms with Gasteiger partial charge >= 0.3 is 23.9 Å². The number of hydrogen-bond acceptors (Lipinski definition) is 8. The second-order valence-electron chi connectivity index (χ2n) is 11.9. The van der Waals surface area contributed by atoms with Crippen molar-refractivity contribution in [3.63, 3.8) is 0 Å². The number of esters is 3. The molecule has 38 heavy (non-hydrogen) atoms. The minimum Gasteiger partial charge on any atom is -0.480 e. The lowest BCUT2D eigenvalue weighted by molar-refractivity contribution is -0.160. The Kier molecular flexibility index (Phi) is 12.4. The number of carboxylic acid groups (broad SMARTS) is 1. The van der Waals surface area contributed by atoms with Crippen LogP contribution in [0.5, 0.6) is 11.5 Å². The molecule has 0 saturated carbocycles. The summed E-state index contributed by atoms with van der Waals surface area (Å²) in [5.74, 6) is -1.97. The van der Waals surface area contributed by atoms with Crippen LogP contribution in [0, 0.1) is 17.3 Å². The van der Waals surface area contributed by atoms with Crippen molar-refractivity contribution in [1.29, 1.82) is 0 Å². The van der Waals surface area contributed by atoms with Gasteiger partial charge in [-0.1, -0.05) is 33.8 Å². The fraction of sp³-hybridized carbons (Fsp3) is 0.655. The summed E-state index contributed by atoms with van der Waals surface area (Å²) in [7, 11) is 0. The third kappa shape index (κ3) is 11.6. The lowest BCUT2D eigenvalue weighted by Crippen LogP contribution is -2.52. The third-order valence-corrected chi connectivity index (χ3v) is 5.83. The molecule has 1 rings (SSSR count). The number of rotatable bonds is 14. The first-order chi connectivity index (χ1) is 17.4. The predicted octanol–water partition coefficient (Wildman–Crippen LogP) is 5.06. The number of carbonyl (C=O) groups is 4. The van der Waals surface area contributed by atoms with E-state index in [1.807, 2.05) is 27.7 Å². The molecule has 3 N–H and O–H groups in total. The molecule has 0 aliphatic carbocycles. The van der Waals surface area contributed by atoms with Crippen LogP contribution < -0.4 is 15.2 Å². The van der Waals surface area contributed by atoms with Gasteiger partial charge in [0.05, 0.1) is 5.41 Å². The lowest BCUT2D eigenvalue weighted by atomic mass is 9.86. The number of carboxylic acids is 1. The molecule has 0 saturated heterocycles. The normalized spacial score (nSPS) is 14.1. The van der Waals surface area contributed by atoms with Crippen molar-refractivity contribution in [2.24, 2.45) is 23.0 Å². The molecule has 0 radical (unpaired) electrons. The molecule has 9 heteroatoms. The predicted molar refractivity (Wildman–Crippen MR) is 144 cm³/mol. The van der Waals surface area contributed by atoms with Gasteiger partial charge in [0.1, 0.15) is 11.6 Å². The summed E-state index contributed by atoms with van der Waals surface area (Å²) in [6.07, 6.45) is 0.616. The Balaban J connectivity index is 3.19. The van der Waals surface area contributed by atoms with Crippen molar-refractivity contribution in [3.05, 3.63) is 23.8 Å². The van der Waals surface area contributed by atoms with Crippen molar-refractivity contribution in [2.45, 2.75) is 106 Å². The van der Waals surface area contributed by atoms with E-state index in [-0.39, 0.29) is 37.2 Å². The van der Waals surface area contributed by atoms with Crippen molar-refractivity contribution >= 4 is 23.9 Å². The van der Waals surface area contributed by atoms with E-state index >= 15 is 0 Å². The van der Waals surface area contributed by atoms with E-state index in [1.165, 1.54) is 12.1 Å². The first-order valence-corrected chi connectivity index (χ1v) is 13.2. The topological polar surface area (TPSA) is 142 Å².